The van der Waals surface area contributed by atoms with Crippen LogP contribution >= 0.6 is 0 Å². The molecule has 2 rings (SSSR count). The quantitative estimate of drug-likeness (QED) is 0.718. The van der Waals surface area contributed by atoms with E-state index in [1.54, 1.807) is 25.7 Å². The van der Waals surface area contributed by atoms with Crippen LogP contribution in [0.1, 0.15) is 60.3 Å². The molecule has 7 heteroatoms. The van der Waals surface area contributed by atoms with E-state index in [1.165, 1.54) is 0 Å². The molecule has 0 aromatic heterocycles. The Balaban J connectivity index is 0. The summed E-state index contributed by atoms with van der Waals surface area (Å²) >= 11 is 0. The van der Waals surface area contributed by atoms with E-state index in [9.17, 15) is 14.4 Å². The highest BCUT2D eigenvalue weighted by molar-refractivity contribution is 5.90. The summed E-state index contributed by atoms with van der Waals surface area (Å²) in [6.45, 7) is 9.67. The van der Waals surface area contributed by atoms with Crippen molar-refractivity contribution in [2.45, 2.75) is 78.0 Å². The first-order valence-electron chi connectivity index (χ1n) is 9.49. The van der Waals surface area contributed by atoms with Crippen molar-refractivity contribution in [2.75, 3.05) is 13.1 Å². The lowest BCUT2D eigenvalue weighted by molar-refractivity contribution is -0.137. The maximum Gasteiger partial charge on any atom is 0.408 e. The highest BCUT2D eigenvalue weighted by Crippen LogP contribution is 2.22. The van der Waals surface area contributed by atoms with Crippen LogP contribution in [0.2, 0.25) is 0 Å². The minimum atomic E-state index is -0.626. The van der Waals surface area contributed by atoms with Crippen LogP contribution < -0.4 is 10.6 Å². The summed E-state index contributed by atoms with van der Waals surface area (Å²) in [6, 6.07) is -0.126. The van der Waals surface area contributed by atoms with E-state index in [4.69, 9.17) is 4.74 Å². The van der Waals surface area contributed by atoms with Crippen molar-refractivity contribution in [3.63, 3.8) is 0 Å². The molecule has 0 aromatic carbocycles. The van der Waals surface area contributed by atoms with Gasteiger partial charge in [0.2, 0.25) is 11.8 Å². The lowest BCUT2D eigenvalue weighted by Crippen LogP contribution is -2.49. The zero-order valence-corrected chi connectivity index (χ0v) is 17.8. The molecule has 2 N–H and O–H groups in total. The monoisotopic (exact) mass is 393 g/mol. The molecule has 1 saturated heterocycles. The largest absolute Gasteiger partial charge is 0.444 e. The zero-order chi connectivity index (χ0) is 22.3. The van der Waals surface area contributed by atoms with E-state index < -0.39 is 17.7 Å². The predicted octanol–water partition coefficient (Wildman–Crippen LogP) is 2.31. The Labute approximate surface area is 170 Å². The van der Waals surface area contributed by atoms with Gasteiger partial charge in [-0.2, -0.15) is 0 Å². The molecule has 7 nitrogen and oxygen atoms in total. The summed E-state index contributed by atoms with van der Waals surface area (Å²) in [7, 11) is 0. The summed E-state index contributed by atoms with van der Waals surface area (Å²) in [6.07, 6.45) is 18.9. The Kier molecular flexibility index (Phi) is 14.2. The number of hydrogen-bond acceptors (Lipinski definition) is 4. The highest BCUT2D eigenvalue weighted by atomic mass is 16.6. The first kappa shape index (κ1) is 27.5. The second-order valence-corrected chi connectivity index (χ2v) is 6.88. The average molecular weight is 394 g/mol. The van der Waals surface area contributed by atoms with Crippen LogP contribution in [0.25, 0.3) is 0 Å². The fourth-order valence-corrected chi connectivity index (χ4v) is 2.43. The molecule has 1 heterocycles. The summed E-state index contributed by atoms with van der Waals surface area (Å²) in [5.41, 5.74) is -0.604. The smallest absolute Gasteiger partial charge is 0.408 e. The Bertz CT molecular complexity index is 525. The van der Waals surface area contributed by atoms with Gasteiger partial charge in [0.1, 0.15) is 18.2 Å². The maximum absolute atomic E-state index is 12.2. The highest BCUT2D eigenvalue weighted by Gasteiger charge is 2.36. The number of likely N-dealkylation sites (tertiary alicyclic amines) is 1. The van der Waals surface area contributed by atoms with Crippen LogP contribution in [0.5, 0.6) is 0 Å². The minimum Gasteiger partial charge on any atom is -0.444 e. The Hall–Kier alpha value is -2.67. The number of rotatable bonds is 4. The fourth-order valence-electron chi connectivity index (χ4n) is 2.43. The number of nitrogens with zero attached hydrogens (tertiary/aromatic N) is 1. The lowest BCUT2D eigenvalue weighted by Gasteiger charge is -2.25. The molecule has 3 amide bonds. The SMILES string of the molecule is C#C.C#C.CC.CC(C)(C)OC(=O)NCC(=O)N1CCC[C@H]1C(=O)NC1CC1. The maximum atomic E-state index is 12.2. The van der Waals surface area contributed by atoms with Gasteiger partial charge in [-0.15, -0.1) is 25.7 Å². The van der Waals surface area contributed by atoms with Gasteiger partial charge in [-0.05, 0) is 46.5 Å². The number of amides is 3. The third kappa shape index (κ3) is 11.1. The van der Waals surface area contributed by atoms with Crippen molar-refractivity contribution in [3.8, 4) is 25.7 Å². The van der Waals surface area contributed by atoms with Gasteiger partial charge in [-0.3, -0.25) is 9.59 Å². The number of ether oxygens (including phenoxy) is 1. The molecule has 1 aliphatic carbocycles. The van der Waals surface area contributed by atoms with Crippen molar-refractivity contribution in [1.29, 1.82) is 0 Å². The van der Waals surface area contributed by atoms with Gasteiger partial charge < -0.3 is 20.3 Å². The van der Waals surface area contributed by atoms with Gasteiger partial charge in [0.15, 0.2) is 0 Å². The van der Waals surface area contributed by atoms with Crippen molar-refractivity contribution >= 4 is 17.9 Å². The number of terminal acetylenes is 2. The molecule has 1 saturated carbocycles. The van der Waals surface area contributed by atoms with E-state index >= 15 is 0 Å². The van der Waals surface area contributed by atoms with Crippen LogP contribution in [0.15, 0.2) is 0 Å². The Morgan fingerprint density at radius 3 is 2.04 bits per heavy atom. The molecule has 1 atom stereocenters. The molecular weight excluding hydrogens is 358 g/mol. The molecule has 2 aliphatic rings. The summed E-state index contributed by atoms with van der Waals surface area (Å²) in [5.74, 6) is -0.329. The molecule has 1 aliphatic heterocycles. The van der Waals surface area contributed by atoms with Crippen LogP contribution in [0.4, 0.5) is 4.79 Å². The molecule has 0 bridgehead atoms. The fraction of sp³-hybridized carbons (Fsp3) is 0.667. The van der Waals surface area contributed by atoms with Gasteiger partial charge in [-0.1, -0.05) is 13.8 Å². The van der Waals surface area contributed by atoms with Gasteiger partial charge in [0.05, 0.1) is 0 Å². The lowest BCUT2D eigenvalue weighted by atomic mass is 10.2. The second-order valence-electron chi connectivity index (χ2n) is 6.88. The van der Waals surface area contributed by atoms with Gasteiger partial charge in [0, 0.05) is 12.6 Å². The number of carbonyl (C=O) groups is 3. The van der Waals surface area contributed by atoms with E-state index in [0.29, 0.717) is 13.0 Å². The van der Waals surface area contributed by atoms with Gasteiger partial charge >= 0.3 is 6.09 Å². The molecule has 0 aromatic rings. The van der Waals surface area contributed by atoms with Crippen molar-refractivity contribution in [2.24, 2.45) is 0 Å². The van der Waals surface area contributed by atoms with E-state index in [0.717, 1.165) is 19.3 Å². The normalized spacial score (nSPS) is 17.2. The second kappa shape index (κ2) is 14.4. The van der Waals surface area contributed by atoms with Crippen LogP contribution in [-0.2, 0) is 14.3 Å². The molecule has 0 radical (unpaired) electrons. The van der Waals surface area contributed by atoms with Crippen LogP contribution in [-0.4, -0.2) is 53.6 Å². The van der Waals surface area contributed by atoms with Crippen LogP contribution in [0.3, 0.4) is 0 Å². The average Bonchev–Trinajstić information content (AvgIpc) is 3.34. The molecule has 0 spiro atoms. The molecular formula is C21H35N3O4. The van der Waals surface area contributed by atoms with E-state index in [1.807, 2.05) is 13.8 Å². The first-order chi connectivity index (χ1) is 13.3. The van der Waals surface area contributed by atoms with Gasteiger partial charge in [0.25, 0.3) is 0 Å². The third-order valence-corrected chi connectivity index (χ3v) is 3.58. The zero-order valence-electron chi connectivity index (χ0n) is 17.8. The summed E-state index contributed by atoms with van der Waals surface area (Å²) in [4.78, 5) is 37.4. The summed E-state index contributed by atoms with van der Waals surface area (Å²) < 4.78 is 5.09. The van der Waals surface area contributed by atoms with Crippen molar-refractivity contribution in [1.82, 2.24) is 15.5 Å². The molecule has 0 unspecified atom stereocenters. The number of carbonyl (C=O) groups excluding carboxylic acids is 3. The van der Waals surface area contributed by atoms with E-state index in [-0.39, 0.29) is 24.4 Å². The van der Waals surface area contributed by atoms with E-state index in [2.05, 4.69) is 36.3 Å². The standard InChI is InChI=1S/C15H25N3O4.C2H6.2C2H2/c1-15(2,3)22-14(21)16-9-12(19)18-8-4-5-11(18)13(20)17-10-6-7-10;3*1-2/h10-11H,4-9H2,1-3H3,(H,16,21)(H,17,20);1-2H3;2*1-2H/t11-;;;/m0.../s1. The first-order valence-corrected chi connectivity index (χ1v) is 9.49. The van der Waals surface area contributed by atoms with Crippen molar-refractivity contribution in [3.05, 3.63) is 0 Å². The predicted molar refractivity (Wildman–Crippen MR) is 111 cm³/mol. The topological polar surface area (TPSA) is 87.7 Å². The number of nitrogens with one attached hydrogen (secondary N) is 2. The molecule has 28 heavy (non-hydrogen) atoms. The Morgan fingerprint density at radius 2 is 1.57 bits per heavy atom. The number of alkyl carbamates (subject to hydrolysis) is 1. The molecule has 158 valence electrons. The summed E-state index contributed by atoms with van der Waals surface area (Å²) in [5, 5.41) is 5.38. The number of hydrogen-bond donors (Lipinski definition) is 2. The Morgan fingerprint density at radius 1 is 1.04 bits per heavy atom. The third-order valence-electron chi connectivity index (χ3n) is 3.58. The van der Waals surface area contributed by atoms with Crippen molar-refractivity contribution < 1.29 is 19.1 Å². The van der Waals surface area contributed by atoms with Crippen LogP contribution in [0, 0.1) is 25.7 Å². The molecule has 2 fully saturated rings. The minimum absolute atomic E-state index is 0.0781. The van der Waals surface area contributed by atoms with Gasteiger partial charge in [-0.25, -0.2) is 4.79 Å².